The maximum atomic E-state index is 12.6. The molecule has 1 aliphatic heterocycles. The normalized spacial score (nSPS) is 29.5. The minimum absolute atomic E-state index is 0.0607. The summed E-state index contributed by atoms with van der Waals surface area (Å²) < 4.78 is 0. The maximum absolute atomic E-state index is 12.6. The zero-order valence-electron chi connectivity index (χ0n) is 12.0. The van der Waals surface area contributed by atoms with Crippen LogP contribution in [0.4, 0.5) is 0 Å². The lowest BCUT2D eigenvalue weighted by atomic mass is 9.98. The Morgan fingerprint density at radius 2 is 2.33 bits per heavy atom. The minimum Gasteiger partial charge on any atom is -0.352 e. The topological polar surface area (TPSA) is 75.4 Å². The minimum atomic E-state index is -0.469. The summed E-state index contributed by atoms with van der Waals surface area (Å²) >= 11 is 1.52. The first kappa shape index (κ1) is 14.5. The summed E-state index contributed by atoms with van der Waals surface area (Å²) in [5.41, 5.74) is 6.07. The van der Waals surface area contributed by atoms with Crippen molar-refractivity contribution >= 4 is 23.2 Å². The number of carbonyl (C=O) groups excluding carboxylic acids is 2. The van der Waals surface area contributed by atoms with Gasteiger partial charge in [0.1, 0.15) is 6.04 Å². The van der Waals surface area contributed by atoms with Crippen molar-refractivity contribution in [3.05, 3.63) is 22.4 Å². The molecule has 0 spiro atoms. The number of hydrogen-bond donors (Lipinski definition) is 2. The van der Waals surface area contributed by atoms with Crippen LogP contribution in [0.2, 0.25) is 0 Å². The van der Waals surface area contributed by atoms with Crippen LogP contribution >= 0.6 is 11.3 Å². The van der Waals surface area contributed by atoms with Gasteiger partial charge in [-0.15, -0.1) is 11.3 Å². The summed E-state index contributed by atoms with van der Waals surface area (Å²) in [6.45, 7) is 1.11. The highest BCUT2D eigenvalue weighted by Crippen LogP contribution is 2.31. The Morgan fingerprint density at radius 1 is 1.48 bits per heavy atom. The maximum Gasteiger partial charge on any atom is 0.248 e. The van der Waals surface area contributed by atoms with Crippen LogP contribution in [0.5, 0.6) is 0 Å². The first-order valence-electron chi connectivity index (χ1n) is 7.53. The Labute approximate surface area is 128 Å². The van der Waals surface area contributed by atoms with Gasteiger partial charge in [-0.3, -0.25) is 9.59 Å². The molecule has 1 unspecified atom stereocenters. The number of nitrogens with zero attached hydrogens (tertiary/aromatic N) is 1. The molecular weight excluding hydrogens is 286 g/mol. The monoisotopic (exact) mass is 307 g/mol. The zero-order chi connectivity index (χ0) is 14.8. The molecule has 114 valence electrons. The van der Waals surface area contributed by atoms with Crippen molar-refractivity contribution in [3.8, 4) is 0 Å². The summed E-state index contributed by atoms with van der Waals surface area (Å²) in [6.07, 6.45) is 3.60. The van der Waals surface area contributed by atoms with Gasteiger partial charge in [0, 0.05) is 30.4 Å². The molecule has 2 aliphatic rings. The molecule has 1 aromatic rings. The second kappa shape index (κ2) is 6.15. The highest BCUT2D eigenvalue weighted by molar-refractivity contribution is 7.10. The Balaban J connectivity index is 1.74. The fourth-order valence-electron chi connectivity index (χ4n) is 3.33. The molecule has 6 heteroatoms. The summed E-state index contributed by atoms with van der Waals surface area (Å²) in [6, 6.07) is 3.50. The standard InChI is InChI=1S/C15H21N3O2S/c16-11-4-1-3-10(11)9-13(19)18-7-6-17-15(20)14(18)12-5-2-8-21-12/h2,5,8,10-11,14H,1,3-4,6-7,9,16H2,(H,17,20)/t10-,11+,14?/m0/s1. The summed E-state index contributed by atoms with van der Waals surface area (Å²) in [5.74, 6) is 0.254. The molecule has 1 saturated carbocycles. The van der Waals surface area contributed by atoms with Crippen LogP contribution in [0.1, 0.15) is 36.6 Å². The molecule has 2 heterocycles. The molecular formula is C15H21N3O2S. The smallest absolute Gasteiger partial charge is 0.248 e. The highest BCUT2D eigenvalue weighted by Gasteiger charge is 2.36. The lowest BCUT2D eigenvalue weighted by molar-refractivity contribution is -0.144. The van der Waals surface area contributed by atoms with Crippen LogP contribution in [0.3, 0.4) is 0 Å². The average Bonchev–Trinajstić information content (AvgIpc) is 3.11. The van der Waals surface area contributed by atoms with Crippen molar-refractivity contribution in [1.82, 2.24) is 10.2 Å². The van der Waals surface area contributed by atoms with E-state index in [4.69, 9.17) is 5.73 Å². The second-order valence-electron chi connectivity index (χ2n) is 5.86. The van der Waals surface area contributed by atoms with Crippen LogP contribution in [0.15, 0.2) is 17.5 Å². The number of rotatable bonds is 3. The predicted octanol–water partition coefficient (Wildman–Crippen LogP) is 1.27. The van der Waals surface area contributed by atoms with Crippen LogP contribution < -0.4 is 11.1 Å². The number of thiophene rings is 1. The second-order valence-corrected chi connectivity index (χ2v) is 6.83. The van der Waals surface area contributed by atoms with Crippen LogP contribution in [0.25, 0.3) is 0 Å². The third-order valence-electron chi connectivity index (χ3n) is 4.50. The van der Waals surface area contributed by atoms with Gasteiger partial charge < -0.3 is 16.0 Å². The van der Waals surface area contributed by atoms with Gasteiger partial charge in [-0.1, -0.05) is 12.5 Å². The van der Waals surface area contributed by atoms with Gasteiger partial charge in [-0.05, 0) is 30.2 Å². The Morgan fingerprint density at radius 3 is 3.00 bits per heavy atom. The van der Waals surface area contributed by atoms with Gasteiger partial charge in [-0.25, -0.2) is 0 Å². The lowest BCUT2D eigenvalue weighted by Crippen LogP contribution is -2.52. The SMILES string of the molecule is N[C@@H]1CCC[C@H]1CC(=O)N1CCNC(=O)C1c1cccs1. The number of carbonyl (C=O) groups is 2. The van der Waals surface area contributed by atoms with E-state index < -0.39 is 6.04 Å². The van der Waals surface area contributed by atoms with Gasteiger partial charge in [0.05, 0.1) is 0 Å². The molecule has 0 radical (unpaired) electrons. The van der Waals surface area contributed by atoms with Gasteiger partial charge in [0.15, 0.2) is 0 Å². The van der Waals surface area contributed by atoms with Gasteiger partial charge in [0.25, 0.3) is 0 Å². The molecule has 3 atom stereocenters. The Kier molecular flexibility index (Phi) is 4.26. The number of hydrogen-bond acceptors (Lipinski definition) is 4. The number of nitrogens with two attached hydrogens (primary N) is 1. The van der Waals surface area contributed by atoms with Crippen LogP contribution in [-0.4, -0.2) is 35.8 Å². The fraction of sp³-hybridized carbons (Fsp3) is 0.600. The summed E-state index contributed by atoms with van der Waals surface area (Å²) in [7, 11) is 0. The van der Waals surface area contributed by atoms with Gasteiger partial charge >= 0.3 is 0 Å². The number of nitrogens with one attached hydrogen (secondary N) is 1. The largest absolute Gasteiger partial charge is 0.352 e. The molecule has 0 aromatic carbocycles. The molecule has 3 N–H and O–H groups in total. The predicted molar refractivity (Wildman–Crippen MR) is 81.7 cm³/mol. The quantitative estimate of drug-likeness (QED) is 0.883. The molecule has 1 aliphatic carbocycles. The van der Waals surface area contributed by atoms with Crippen molar-refractivity contribution in [2.45, 2.75) is 37.8 Å². The summed E-state index contributed by atoms with van der Waals surface area (Å²) in [4.78, 5) is 27.5. The first-order chi connectivity index (χ1) is 10.2. The third-order valence-corrected chi connectivity index (χ3v) is 5.42. The van der Waals surface area contributed by atoms with Crippen molar-refractivity contribution in [2.75, 3.05) is 13.1 Å². The Bertz CT molecular complexity index is 517. The van der Waals surface area contributed by atoms with Gasteiger partial charge in [-0.2, -0.15) is 0 Å². The van der Waals surface area contributed by atoms with Crippen molar-refractivity contribution in [1.29, 1.82) is 0 Å². The zero-order valence-corrected chi connectivity index (χ0v) is 12.8. The molecule has 3 rings (SSSR count). The fourth-order valence-corrected chi connectivity index (χ4v) is 4.16. The first-order valence-corrected chi connectivity index (χ1v) is 8.41. The van der Waals surface area contributed by atoms with E-state index in [0.717, 1.165) is 24.1 Å². The van der Waals surface area contributed by atoms with Crippen LogP contribution in [0, 0.1) is 5.92 Å². The van der Waals surface area contributed by atoms with Crippen molar-refractivity contribution in [3.63, 3.8) is 0 Å². The lowest BCUT2D eigenvalue weighted by Gasteiger charge is -2.35. The van der Waals surface area contributed by atoms with E-state index in [1.54, 1.807) is 4.90 Å². The van der Waals surface area contributed by atoms with E-state index >= 15 is 0 Å². The molecule has 21 heavy (non-hydrogen) atoms. The molecule has 2 fully saturated rings. The van der Waals surface area contributed by atoms with E-state index in [9.17, 15) is 9.59 Å². The van der Waals surface area contributed by atoms with E-state index in [1.807, 2.05) is 17.5 Å². The van der Waals surface area contributed by atoms with E-state index in [2.05, 4.69) is 5.32 Å². The summed E-state index contributed by atoms with van der Waals surface area (Å²) in [5, 5.41) is 4.79. The molecule has 0 bridgehead atoms. The number of amides is 2. The number of piperazine rings is 1. The Hall–Kier alpha value is -1.40. The molecule has 1 aromatic heterocycles. The third kappa shape index (κ3) is 2.96. The highest BCUT2D eigenvalue weighted by atomic mass is 32.1. The molecule has 5 nitrogen and oxygen atoms in total. The van der Waals surface area contributed by atoms with Crippen LogP contribution in [-0.2, 0) is 9.59 Å². The van der Waals surface area contributed by atoms with Gasteiger partial charge in [0.2, 0.25) is 11.8 Å². The van der Waals surface area contributed by atoms with E-state index in [1.165, 1.54) is 11.3 Å². The average molecular weight is 307 g/mol. The molecule has 2 amide bonds. The van der Waals surface area contributed by atoms with Crippen molar-refractivity contribution in [2.24, 2.45) is 11.7 Å². The van der Waals surface area contributed by atoms with Crippen molar-refractivity contribution < 1.29 is 9.59 Å². The van der Waals surface area contributed by atoms with E-state index in [0.29, 0.717) is 19.5 Å². The van der Waals surface area contributed by atoms with E-state index in [-0.39, 0.29) is 23.8 Å². The molecule has 1 saturated heterocycles.